The summed E-state index contributed by atoms with van der Waals surface area (Å²) in [6.45, 7) is 11.9. The molecule has 0 spiro atoms. The maximum Gasteiger partial charge on any atom is 0.227 e. The number of anilines is 2. The predicted molar refractivity (Wildman–Crippen MR) is 80.7 cm³/mol. The summed E-state index contributed by atoms with van der Waals surface area (Å²) >= 11 is 0. The number of aryl methyl sites for hydroxylation is 1. The van der Waals surface area contributed by atoms with Gasteiger partial charge in [-0.15, -0.1) is 0 Å². The Balaban J connectivity index is 2.07. The third-order valence-electron chi connectivity index (χ3n) is 3.60. The van der Waals surface area contributed by atoms with Crippen molar-refractivity contribution in [1.82, 2.24) is 9.97 Å². The topological polar surface area (TPSA) is 41.1 Å². The van der Waals surface area contributed by atoms with Crippen LogP contribution in [0.3, 0.4) is 0 Å². The van der Waals surface area contributed by atoms with Gasteiger partial charge in [-0.25, -0.2) is 4.98 Å². The van der Waals surface area contributed by atoms with Crippen LogP contribution in [0.4, 0.5) is 11.8 Å². The van der Waals surface area contributed by atoms with Crippen molar-refractivity contribution in [3.63, 3.8) is 0 Å². The molecule has 106 valence electrons. The Morgan fingerprint density at radius 1 is 1.32 bits per heavy atom. The summed E-state index contributed by atoms with van der Waals surface area (Å²) in [6.07, 6.45) is 2.48. The first kappa shape index (κ1) is 14.1. The van der Waals surface area contributed by atoms with Crippen molar-refractivity contribution in [3.8, 4) is 0 Å². The molecule has 1 saturated heterocycles. The highest BCUT2D eigenvalue weighted by atomic mass is 15.3. The minimum Gasteiger partial charge on any atom is -0.370 e. The molecule has 0 aliphatic carbocycles. The van der Waals surface area contributed by atoms with Gasteiger partial charge in [-0.1, -0.05) is 20.8 Å². The van der Waals surface area contributed by atoms with E-state index in [0.717, 1.165) is 43.0 Å². The summed E-state index contributed by atoms with van der Waals surface area (Å²) in [7, 11) is 0. The third-order valence-corrected chi connectivity index (χ3v) is 3.60. The molecule has 0 bridgehead atoms. The number of nitrogens with zero attached hydrogens (tertiary/aromatic N) is 3. The van der Waals surface area contributed by atoms with Crippen LogP contribution in [-0.2, 0) is 0 Å². The lowest BCUT2D eigenvalue weighted by Gasteiger charge is -2.30. The zero-order valence-corrected chi connectivity index (χ0v) is 12.6. The van der Waals surface area contributed by atoms with Gasteiger partial charge < -0.3 is 10.2 Å². The van der Waals surface area contributed by atoms with Crippen LogP contribution in [0, 0.1) is 18.8 Å². The summed E-state index contributed by atoms with van der Waals surface area (Å²) in [5.74, 6) is 3.29. The summed E-state index contributed by atoms with van der Waals surface area (Å²) < 4.78 is 0. The van der Waals surface area contributed by atoms with Crippen LogP contribution in [0.1, 0.15) is 39.3 Å². The third kappa shape index (κ3) is 4.08. The predicted octanol–water partition coefficient (Wildman–Crippen LogP) is 3.09. The fourth-order valence-electron chi connectivity index (χ4n) is 2.30. The van der Waals surface area contributed by atoms with E-state index in [0.29, 0.717) is 5.92 Å². The first-order valence-corrected chi connectivity index (χ1v) is 7.39. The Morgan fingerprint density at radius 2 is 2.00 bits per heavy atom. The molecule has 1 aromatic rings. The van der Waals surface area contributed by atoms with E-state index in [1.807, 2.05) is 13.0 Å². The second-order valence-electron chi connectivity index (χ2n) is 6.14. The Hall–Kier alpha value is -1.32. The molecule has 1 N–H and O–H groups in total. The number of piperidine rings is 1. The van der Waals surface area contributed by atoms with Crippen molar-refractivity contribution in [2.75, 3.05) is 29.9 Å². The maximum absolute atomic E-state index is 4.66. The lowest BCUT2D eigenvalue weighted by molar-refractivity contribution is 0.434. The zero-order valence-electron chi connectivity index (χ0n) is 12.6. The van der Waals surface area contributed by atoms with Crippen LogP contribution in [0.5, 0.6) is 0 Å². The highest BCUT2D eigenvalue weighted by Gasteiger charge is 2.18. The van der Waals surface area contributed by atoms with E-state index in [2.05, 4.69) is 41.0 Å². The molecule has 1 aliphatic rings. The van der Waals surface area contributed by atoms with Crippen LogP contribution < -0.4 is 10.2 Å². The van der Waals surface area contributed by atoms with E-state index in [4.69, 9.17) is 0 Å². The molecule has 4 nitrogen and oxygen atoms in total. The Labute approximate surface area is 116 Å². The Bertz CT molecular complexity index is 409. The molecule has 0 unspecified atom stereocenters. The second kappa shape index (κ2) is 6.22. The lowest BCUT2D eigenvalue weighted by atomic mass is 10.00. The highest BCUT2D eigenvalue weighted by molar-refractivity contribution is 5.43. The number of aromatic nitrogens is 2. The smallest absolute Gasteiger partial charge is 0.227 e. The molecule has 0 aromatic carbocycles. The Kier molecular flexibility index (Phi) is 4.61. The van der Waals surface area contributed by atoms with Gasteiger partial charge in [-0.3, -0.25) is 0 Å². The molecule has 0 atom stereocenters. The fourth-order valence-corrected chi connectivity index (χ4v) is 2.30. The molecule has 2 rings (SSSR count). The molecule has 2 heterocycles. The molecule has 0 radical (unpaired) electrons. The minimum atomic E-state index is 0.620. The SMILES string of the molecule is Cc1cc(NCC(C)C)nc(N2CCC(C)CC2)n1. The largest absolute Gasteiger partial charge is 0.370 e. The van der Waals surface area contributed by atoms with Gasteiger partial charge in [0.05, 0.1) is 0 Å². The summed E-state index contributed by atoms with van der Waals surface area (Å²) in [5, 5.41) is 3.40. The van der Waals surface area contributed by atoms with Crippen LogP contribution in [-0.4, -0.2) is 29.6 Å². The van der Waals surface area contributed by atoms with Gasteiger partial charge in [-0.05, 0) is 31.6 Å². The number of nitrogens with one attached hydrogen (secondary N) is 1. The standard InChI is InChI=1S/C15H26N4/c1-11(2)10-16-14-9-13(4)17-15(18-14)19-7-5-12(3)6-8-19/h9,11-12H,5-8,10H2,1-4H3,(H,16,17,18). The molecule has 0 saturated carbocycles. The summed E-state index contributed by atoms with van der Waals surface area (Å²) in [6, 6.07) is 2.03. The molecule has 4 heteroatoms. The summed E-state index contributed by atoms with van der Waals surface area (Å²) in [5.41, 5.74) is 1.04. The van der Waals surface area contributed by atoms with Crippen molar-refractivity contribution >= 4 is 11.8 Å². The highest BCUT2D eigenvalue weighted by Crippen LogP contribution is 2.21. The molecule has 0 amide bonds. The van der Waals surface area contributed by atoms with Crippen LogP contribution in [0.15, 0.2) is 6.07 Å². The quantitative estimate of drug-likeness (QED) is 0.905. The number of hydrogen-bond acceptors (Lipinski definition) is 4. The minimum absolute atomic E-state index is 0.620. The average molecular weight is 262 g/mol. The van der Waals surface area contributed by atoms with Crippen molar-refractivity contribution in [2.24, 2.45) is 11.8 Å². The van der Waals surface area contributed by atoms with Gasteiger partial charge in [0, 0.05) is 31.4 Å². The van der Waals surface area contributed by atoms with Crippen LogP contribution in [0.2, 0.25) is 0 Å². The van der Waals surface area contributed by atoms with Crippen molar-refractivity contribution in [1.29, 1.82) is 0 Å². The van der Waals surface area contributed by atoms with E-state index < -0.39 is 0 Å². The molecule has 19 heavy (non-hydrogen) atoms. The van der Waals surface area contributed by atoms with Crippen LogP contribution >= 0.6 is 0 Å². The van der Waals surface area contributed by atoms with E-state index in [1.165, 1.54) is 12.8 Å². The second-order valence-corrected chi connectivity index (χ2v) is 6.14. The molecular weight excluding hydrogens is 236 g/mol. The normalized spacial score (nSPS) is 17.0. The molecule has 1 fully saturated rings. The number of hydrogen-bond donors (Lipinski definition) is 1. The first-order chi connectivity index (χ1) is 9.04. The molecule has 1 aliphatic heterocycles. The number of rotatable bonds is 4. The van der Waals surface area contributed by atoms with E-state index >= 15 is 0 Å². The lowest BCUT2D eigenvalue weighted by Crippen LogP contribution is -2.34. The molecule has 1 aromatic heterocycles. The summed E-state index contributed by atoms with van der Waals surface area (Å²) in [4.78, 5) is 11.6. The van der Waals surface area contributed by atoms with E-state index in [-0.39, 0.29) is 0 Å². The van der Waals surface area contributed by atoms with Crippen molar-refractivity contribution < 1.29 is 0 Å². The average Bonchev–Trinajstić information content (AvgIpc) is 2.36. The first-order valence-electron chi connectivity index (χ1n) is 7.39. The monoisotopic (exact) mass is 262 g/mol. The van der Waals surface area contributed by atoms with Gasteiger partial charge in [0.2, 0.25) is 5.95 Å². The molecular formula is C15H26N4. The fraction of sp³-hybridized carbons (Fsp3) is 0.733. The van der Waals surface area contributed by atoms with E-state index in [9.17, 15) is 0 Å². The zero-order chi connectivity index (χ0) is 13.8. The van der Waals surface area contributed by atoms with Crippen LogP contribution in [0.25, 0.3) is 0 Å². The van der Waals surface area contributed by atoms with Gasteiger partial charge in [-0.2, -0.15) is 4.98 Å². The Morgan fingerprint density at radius 3 is 2.63 bits per heavy atom. The maximum atomic E-state index is 4.66. The van der Waals surface area contributed by atoms with Gasteiger partial charge in [0.25, 0.3) is 0 Å². The van der Waals surface area contributed by atoms with Gasteiger partial charge in [0.1, 0.15) is 5.82 Å². The van der Waals surface area contributed by atoms with Crippen molar-refractivity contribution in [3.05, 3.63) is 11.8 Å². The van der Waals surface area contributed by atoms with E-state index in [1.54, 1.807) is 0 Å². The van der Waals surface area contributed by atoms with Gasteiger partial charge in [0.15, 0.2) is 0 Å². The van der Waals surface area contributed by atoms with Crippen molar-refractivity contribution in [2.45, 2.75) is 40.5 Å². The van der Waals surface area contributed by atoms with Gasteiger partial charge >= 0.3 is 0 Å².